The minimum atomic E-state index is 0. The van der Waals surface area contributed by atoms with Gasteiger partial charge in [0.15, 0.2) is 0 Å². The summed E-state index contributed by atoms with van der Waals surface area (Å²) in [6.45, 7) is 2.20. The first-order valence-electron chi connectivity index (χ1n) is 4.90. The number of piperazine rings is 1. The van der Waals surface area contributed by atoms with Gasteiger partial charge in [-0.1, -0.05) is 0 Å². The monoisotopic (exact) mass is 248 g/mol. The Morgan fingerprint density at radius 1 is 1.24 bits per heavy atom. The van der Waals surface area contributed by atoms with Crippen molar-refractivity contribution in [3.63, 3.8) is 0 Å². The molecule has 1 saturated heterocycles. The molecule has 8 nitrogen and oxygen atoms in total. The van der Waals surface area contributed by atoms with E-state index in [2.05, 4.69) is 15.2 Å². The zero-order valence-electron chi connectivity index (χ0n) is 8.60. The van der Waals surface area contributed by atoms with E-state index in [1.807, 2.05) is 4.90 Å². The average molecular weight is 248 g/mol. The second-order valence-electron chi connectivity index (χ2n) is 3.33. The van der Waals surface area contributed by atoms with Crippen molar-refractivity contribution in [1.82, 2.24) is 15.0 Å². The summed E-state index contributed by atoms with van der Waals surface area (Å²) in [5.74, 6) is 0.653. The molecule has 17 heavy (non-hydrogen) atoms. The van der Waals surface area contributed by atoms with Crippen LogP contribution in [0.3, 0.4) is 0 Å². The SMILES string of the molecule is [NaH].[O-][N+](=NO)N1CCN(c2ncccn2)CC1. The first-order chi connectivity index (χ1) is 7.81. The molecule has 2 rings (SSSR count). The van der Waals surface area contributed by atoms with Gasteiger partial charge in [-0.3, -0.25) is 0 Å². The van der Waals surface area contributed by atoms with E-state index in [0.717, 1.165) is 0 Å². The summed E-state index contributed by atoms with van der Waals surface area (Å²) in [6.07, 6.45) is 3.36. The van der Waals surface area contributed by atoms with Gasteiger partial charge >= 0.3 is 29.6 Å². The van der Waals surface area contributed by atoms with E-state index >= 15 is 0 Å². The zero-order chi connectivity index (χ0) is 11.4. The Kier molecular flexibility index (Phi) is 5.39. The fraction of sp³-hybridized carbons (Fsp3) is 0.500. The number of rotatable bonds is 2. The second-order valence-corrected chi connectivity index (χ2v) is 3.33. The Hall–Kier alpha value is -1.12. The van der Waals surface area contributed by atoms with Crippen LogP contribution in [0.5, 0.6) is 0 Å². The summed E-state index contributed by atoms with van der Waals surface area (Å²) in [5, 5.41) is 23.3. The normalized spacial score (nSPS) is 16.6. The minimum absolute atomic E-state index is 0. The van der Waals surface area contributed by atoms with E-state index in [4.69, 9.17) is 5.21 Å². The van der Waals surface area contributed by atoms with Crippen LogP contribution in [0.1, 0.15) is 0 Å². The number of hydrogen-bond acceptors (Lipinski definition) is 5. The molecular formula is C8H13N6NaO2. The van der Waals surface area contributed by atoms with Crippen molar-refractivity contribution in [1.29, 1.82) is 0 Å². The first kappa shape index (κ1) is 13.9. The van der Waals surface area contributed by atoms with Crippen LogP contribution in [-0.4, -0.2) is 80.9 Å². The van der Waals surface area contributed by atoms with Crippen molar-refractivity contribution >= 4 is 35.5 Å². The van der Waals surface area contributed by atoms with Crippen LogP contribution in [0.15, 0.2) is 23.7 Å². The maximum absolute atomic E-state index is 11.0. The number of hydrogen-bond donors (Lipinski definition) is 1. The summed E-state index contributed by atoms with van der Waals surface area (Å²) < 4.78 is 0. The van der Waals surface area contributed by atoms with Gasteiger partial charge in [-0.05, 0) is 6.07 Å². The summed E-state index contributed by atoms with van der Waals surface area (Å²) in [6, 6.07) is 1.75. The molecule has 0 amide bonds. The van der Waals surface area contributed by atoms with Crippen molar-refractivity contribution in [3.8, 4) is 0 Å². The largest absolute Gasteiger partial charge is 0.569 e. The van der Waals surface area contributed by atoms with E-state index in [1.165, 1.54) is 5.01 Å². The Morgan fingerprint density at radius 2 is 1.82 bits per heavy atom. The fourth-order valence-corrected chi connectivity index (χ4v) is 1.58. The topological polar surface area (TPSA) is 90.9 Å². The smallest absolute Gasteiger partial charge is 0.230 e. The van der Waals surface area contributed by atoms with Crippen LogP contribution in [0.2, 0.25) is 0 Å². The van der Waals surface area contributed by atoms with E-state index in [1.54, 1.807) is 18.5 Å². The fourth-order valence-electron chi connectivity index (χ4n) is 1.58. The van der Waals surface area contributed by atoms with Gasteiger partial charge in [0, 0.05) is 25.5 Å². The number of nitrogens with zero attached hydrogens (tertiary/aromatic N) is 6. The van der Waals surface area contributed by atoms with Crippen molar-refractivity contribution in [2.75, 3.05) is 31.1 Å². The van der Waals surface area contributed by atoms with Gasteiger partial charge in [-0.2, -0.15) is 0 Å². The van der Waals surface area contributed by atoms with Crippen molar-refractivity contribution in [2.24, 2.45) is 5.28 Å². The molecule has 0 atom stereocenters. The molecule has 9 heteroatoms. The molecular weight excluding hydrogens is 235 g/mol. The Labute approximate surface area is 120 Å². The van der Waals surface area contributed by atoms with Gasteiger partial charge in [0.2, 0.25) is 11.2 Å². The van der Waals surface area contributed by atoms with E-state index in [0.29, 0.717) is 32.1 Å². The Bertz CT molecular complexity index is 368. The average Bonchev–Trinajstić information content (AvgIpc) is 2.39. The van der Waals surface area contributed by atoms with E-state index in [9.17, 15) is 5.21 Å². The quantitative estimate of drug-likeness (QED) is 0.319. The van der Waals surface area contributed by atoms with Gasteiger partial charge in [-0.15, -0.1) is 5.01 Å². The van der Waals surface area contributed by atoms with Gasteiger partial charge in [0.1, 0.15) is 0 Å². The molecule has 0 unspecified atom stereocenters. The van der Waals surface area contributed by atoms with Crippen molar-refractivity contribution in [2.45, 2.75) is 0 Å². The molecule has 0 saturated carbocycles. The molecule has 1 aromatic rings. The molecule has 0 aliphatic carbocycles. The maximum atomic E-state index is 11.0. The number of hydrazine groups is 1. The van der Waals surface area contributed by atoms with Gasteiger partial charge < -0.3 is 15.3 Å². The summed E-state index contributed by atoms with van der Waals surface area (Å²) in [5.41, 5.74) is 0. The van der Waals surface area contributed by atoms with Crippen LogP contribution in [-0.2, 0) is 0 Å². The predicted molar refractivity (Wildman–Crippen MR) is 60.8 cm³/mol. The minimum Gasteiger partial charge on any atom is -0.569 e. The third kappa shape index (κ3) is 3.42. The molecule has 1 aliphatic heterocycles. The molecule has 88 valence electrons. The van der Waals surface area contributed by atoms with Crippen LogP contribution in [0.4, 0.5) is 5.95 Å². The van der Waals surface area contributed by atoms with Crippen molar-refractivity contribution < 1.29 is 10.2 Å². The van der Waals surface area contributed by atoms with Gasteiger partial charge in [-0.25, -0.2) is 9.97 Å². The maximum Gasteiger partial charge on any atom is 0.230 e. The van der Waals surface area contributed by atoms with Crippen LogP contribution >= 0.6 is 0 Å². The molecule has 0 bridgehead atoms. The molecule has 0 spiro atoms. The third-order valence-corrected chi connectivity index (χ3v) is 2.41. The molecule has 1 fully saturated rings. The van der Waals surface area contributed by atoms with Crippen molar-refractivity contribution in [3.05, 3.63) is 23.7 Å². The van der Waals surface area contributed by atoms with Crippen LogP contribution < -0.4 is 4.90 Å². The molecule has 0 radical (unpaired) electrons. The van der Waals surface area contributed by atoms with Gasteiger partial charge in [0.25, 0.3) is 0 Å². The van der Waals surface area contributed by atoms with E-state index < -0.39 is 0 Å². The van der Waals surface area contributed by atoms with E-state index in [-0.39, 0.29) is 34.5 Å². The van der Waals surface area contributed by atoms with Crippen LogP contribution in [0, 0.1) is 5.21 Å². The molecule has 0 aromatic carbocycles. The summed E-state index contributed by atoms with van der Waals surface area (Å²) in [4.78, 5) is 10.4. The Morgan fingerprint density at radius 3 is 2.35 bits per heavy atom. The predicted octanol–water partition coefficient (Wildman–Crippen LogP) is -0.783. The second kappa shape index (κ2) is 6.58. The molecule has 2 heterocycles. The van der Waals surface area contributed by atoms with Gasteiger partial charge in [0.05, 0.1) is 18.1 Å². The molecule has 1 aromatic heterocycles. The summed E-state index contributed by atoms with van der Waals surface area (Å²) >= 11 is 0. The number of anilines is 1. The molecule has 1 N–H and O–H groups in total. The van der Waals surface area contributed by atoms with Crippen LogP contribution in [0.25, 0.3) is 0 Å². The number of aromatic nitrogens is 2. The third-order valence-electron chi connectivity index (χ3n) is 2.41. The Balaban J connectivity index is 0.00000144. The molecule has 1 aliphatic rings. The zero-order valence-corrected chi connectivity index (χ0v) is 8.60. The first-order valence-corrected chi connectivity index (χ1v) is 4.90. The standard InChI is InChI=1S/C8H12N6O2.Na.H/c15-11-14(16)13-6-4-12(5-7-13)8-9-2-1-3-10-8;;/h1-3,15H,4-7H2;;. The summed E-state index contributed by atoms with van der Waals surface area (Å²) in [7, 11) is 0.